The van der Waals surface area contributed by atoms with Crippen LogP contribution in [0.1, 0.15) is 46.0 Å². The maximum absolute atomic E-state index is 12.6. The van der Waals surface area contributed by atoms with Crippen LogP contribution in [0, 0.1) is 6.92 Å². The maximum Gasteiger partial charge on any atom is 0.255 e. The van der Waals surface area contributed by atoms with Crippen molar-refractivity contribution in [2.24, 2.45) is 5.73 Å². The number of nitrogens with one attached hydrogen (secondary N) is 1. The number of hydrogen-bond acceptors (Lipinski definition) is 4. The summed E-state index contributed by atoms with van der Waals surface area (Å²) < 4.78 is 11.4. The molecule has 3 N–H and O–H groups in total. The molecule has 160 valence electrons. The molecule has 0 spiro atoms. The number of carbonyl (C=O) groups is 2. The second-order valence-electron chi connectivity index (χ2n) is 7.15. The highest BCUT2D eigenvalue weighted by Gasteiger charge is 2.09. The zero-order valence-electron chi connectivity index (χ0n) is 17.7. The van der Waals surface area contributed by atoms with Crippen molar-refractivity contribution in [2.45, 2.75) is 26.7 Å². The fraction of sp³-hybridized carbons (Fsp3) is 0.200. The second-order valence-corrected chi connectivity index (χ2v) is 7.15. The molecule has 0 atom stereocenters. The second kappa shape index (κ2) is 10.3. The number of aryl methyl sites for hydroxylation is 1. The molecular formula is C25H26N2O4. The average Bonchev–Trinajstić information content (AvgIpc) is 2.76. The van der Waals surface area contributed by atoms with Crippen molar-refractivity contribution in [1.82, 2.24) is 0 Å². The highest BCUT2D eigenvalue weighted by Crippen LogP contribution is 2.24. The van der Waals surface area contributed by atoms with Crippen LogP contribution in [0.2, 0.25) is 0 Å². The van der Waals surface area contributed by atoms with Crippen molar-refractivity contribution >= 4 is 17.5 Å². The predicted molar refractivity (Wildman–Crippen MR) is 121 cm³/mol. The van der Waals surface area contributed by atoms with Gasteiger partial charge in [-0.25, -0.2) is 0 Å². The van der Waals surface area contributed by atoms with Crippen molar-refractivity contribution in [1.29, 1.82) is 0 Å². The van der Waals surface area contributed by atoms with E-state index in [2.05, 4.69) is 12.2 Å². The Balaban J connectivity index is 1.60. The molecule has 31 heavy (non-hydrogen) atoms. The van der Waals surface area contributed by atoms with Gasteiger partial charge in [0.25, 0.3) is 5.91 Å². The lowest BCUT2D eigenvalue weighted by Gasteiger charge is -2.12. The normalized spacial score (nSPS) is 10.4. The van der Waals surface area contributed by atoms with Crippen LogP contribution < -0.4 is 20.5 Å². The molecule has 3 rings (SSSR count). The molecule has 0 saturated carbocycles. The fourth-order valence-corrected chi connectivity index (χ4v) is 2.89. The van der Waals surface area contributed by atoms with E-state index in [0.29, 0.717) is 29.2 Å². The Labute approximate surface area is 182 Å². The number of unbranched alkanes of at least 4 members (excludes halogenated alkanes) is 1. The van der Waals surface area contributed by atoms with Crippen LogP contribution >= 0.6 is 0 Å². The molecule has 0 aliphatic carbocycles. The highest BCUT2D eigenvalue weighted by molar-refractivity contribution is 6.04. The summed E-state index contributed by atoms with van der Waals surface area (Å²) in [6, 6.07) is 19.0. The van der Waals surface area contributed by atoms with E-state index >= 15 is 0 Å². The van der Waals surface area contributed by atoms with Crippen LogP contribution in [0.3, 0.4) is 0 Å². The highest BCUT2D eigenvalue weighted by atomic mass is 16.5. The minimum atomic E-state index is -0.490. The van der Waals surface area contributed by atoms with Crippen LogP contribution in [0.25, 0.3) is 0 Å². The van der Waals surface area contributed by atoms with E-state index in [-0.39, 0.29) is 5.91 Å². The molecule has 0 saturated heterocycles. The van der Waals surface area contributed by atoms with Gasteiger partial charge < -0.3 is 20.5 Å². The van der Waals surface area contributed by atoms with Gasteiger partial charge in [-0.3, -0.25) is 9.59 Å². The van der Waals surface area contributed by atoms with E-state index in [1.54, 1.807) is 48.5 Å². The molecular weight excluding hydrogens is 392 g/mol. The minimum absolute atomic E-state index is 0.208. The molecule has 3 aromatic carbocycles. The van der Waals surface area contributed by atoms with Gasteiger partial charge in [0.05, 0.1) is 6.61 Å². The van der Waals surface area contributed by atoms with Crippen molar-refractivity contribution in [2.75, 3.05) is 11.9 Å². The molecule has 0 radical (unpaired) electrons. The van der Waals surface area contributed by atoms with Crippen LogP contribution in [-0.2, 0) is 0 Å². The van der Waals surface area contributed by atoms with Crippen LogP contribution in [0.5, 0.6) is 17.2 Å². The van der Waals surface area contributed by atoms with E-state index in [9.17, 15) is 9.59 Å². The minimum Gasteiger partial charge on any atom is -0.494 e. The number of rotatable bonds is 9. The zero-order chi connectivity index (χ0) is 22.2. The topological polar surface area (TPSA) is 90.7 Å². The maximum atomic E-state index is 12.6. The summed E-state index contributed by atoms with van der Waals surface area (Å²) >= 11 is 0. The lowest BCUT2D eigenvalue weighted by Crippen LogP contribution is -2.12. The van der Waals surface area contributed by atoms with Gasteiger partial charge in [0, 0.05) is 16.8 Å². The van der Waals surface area contributed by atoms with Crippen LogP contribution in [0.4, 0.5) is 5.69 Å². The van der Waals surface area contributed by atoms with Gasteiger partial charge >= 0.3 is 0 Å². The summed E-state index contributed by atoms with van der Waals surface area (Å²) in [7, 11) is 0. The summed E-state index contributed by atoms with van der Waals surface area (Å²) in [6.45, 7) is 4.74. The van der Waals surface area contributed by atoms with Crippen molar-refractivity contribution in [3.8, 4) is 17.2 Å². The van der Waals surface area contributed by atoms with E-state index in [0.717, 1.165) is 29.8 Å². The molecule has 2 amide bonds. The molecule has 0 fully saturated rings. The smallest absolute Gasteiger partial charge is 0.255 e. The Morgan fingerprint density at radius 2 is 1.45 bits per heavy atom. The third-order valence-electron chi connectivity index (χ3n) is 4.70. The molecule has 0 heterocycles. The van der Waals surface area contributed by atoms with Crippen LogP contribution in [0.15, 0.2) is 66.7 Å². The van der Waals surface area contributed by atoms with Gasteiger partial charge in [-0.1, -0.05) is 13.3 Å². The SMILES string of the molecule is CCCCOc1ccc(NC(=O)c2ccc(Oc3ccc(C(N)=O)cc3)cc2)c(C)c1. The number of amides is 2. The van der Waals surface area contributed by atoms with Crippen molar-refractivity contribution < 1.29 is 19.1 Å². The molecule has 0 unspecified atom stereocenters. The molecule has 6 heteroatoms. The zero-order valence-corrected chi connectivity index (χ0v) is 17.7. The predicted octanol–water partition coefficient (Wildman–Crippen LogP) is 5.32. The van der Waals surface area contributed by atoms with Crippen LogP contribution in [-0.4, -0.2) is 18.4 Å². The lowest BCUT2D eigenvalue weighted by atomic mass is 10.1. The average molecular weight is 418 g/mol. The third-order valence-corrected chi connectivity index (χ3v) is 4.70. The number of nitrogens with two attached hydrogens (primary N) is 1. The van der Waals surface area contributed by atoms with E-state index in [1.165, 1.54) is 0 Å². The Morgan fingerprint density at radius 3 is 2.00 bits per heavy atom. The molecule has 0 aromatic heterocycles. The lowest BCUT2D eigenvalue weighted by molar-refractivity contribution is 0.0997. The Morgan fingerprint density at radius 1 is 0.871 bits per heavy atom. The summed E-state index contributed by atoms with van der Waals surface area (Å²) in [4.78, 5) is 23.7. The number of carbonyl (C=O) groups excluding carboxylic acids is 2. The standard InChI is InChI=1S/C25H26N2O4/c1-3-4-15-30-22-13-14-23(17(2)16-22)27-25(29)19-7-11-21(12-8-19)31-20-9-5-18(6-10-20)24(26)28/h5-14,16H,3-4,15H2,1-2H3,(H2,26,28)(H,27,29). The van der Waals surface area contributed by atoms with Gasteiger partial charge in [-0.05, 0) is 85.6 Å². The van der Waals surface area contributed by atoms with Gasteiger partial charge in [-0.15, -0.1) is 0 Å². The summed E-state index contributed by atoms with van der Waals surface area (Å²) in [5, 5.41) is 2.93. The van der Waals surface area contributed by atoms with E-state index in [4.69, 9.17) is 15.2 Å². The first kappa shape index (κ1) is 21.9. The van der Waals surface area contributed by atoms with Gasteiger partial charge in [0.2, 0.25) is 5.91 Å². The summed E-state index contributed by atoms with van der Waals surface area (Å²) in [6.07, 6.45) is 2.09. The Bertz CT molecular complexity index is 1040. The molecule has 0 aliphatic rings. The molecule has 6 nitrogen and oxygen atoms in total. The largest absolute Gasteiger partial charge is 0.494 e. The number of anilines is 1. The first-order valence-electron chi connectivity index (χ1n) is 10.2. The number of ether oxygens (including phenoxy) is 2. The quantitative estimate of drug-likeness (QED) is 0.460. The number of benzene rings is 3. The number of primary amides is 1. The van der Waals surface area contributed by atoms with Gasteiger partial charge in [0.15, 0.2) is 0 Å². The monoisotopic (exact) mass is 418 g/mol. The van der Waals surface area contributed by atoms with E-state index in [1.807, 2.05) is 25.1 Å². The van der Waals surface area contributed by atoms with Gasteiger partial charge in [-0.2, -0.15) is 0 Å². The first-order chi connectivity index (χ1) is 15.0. The molecule has 3 aromatic rings. The number of hydrogen-bond donors (Lipinski definition) is 2. The van der Waals surface area contributed by atoms with Gasteiger partial charge in [0.1, 0.15) is 17.2 Å². The van der Waals surface area contributed by atoms with Crippen molar-refractivity contribution in [3.05, 3.63) is 83.4 Å². The summed E-state index contributed by atoms with van der Waals surface area (Å²) in [5.74, 6) is 1.25. The Kier molecular flexibility index (Phi) is 7.27. The Hall–Kier alpha value is -3.80. The molecule has 0 aliphatic heterocycles. The van der Waals surface area contributed by atoms with Crippen molar-refractivity contribution in [3.63, 3.8) is 0 Å². The third kappa shape index (κ3) is 6.09. The summed E-state index contributed by atoms with van der Waals surface area (Å²) in [5.41, 5.74) is 7.83. The molecule has 0 bridgehead atoms. The first-order valence-corrected chi connectivity index (χ1v) is 10.2. The fourth-order valence-electron chi connectivity index (χ4n) is 2.89. The van der Waals surface area contributed by atoms with E-state index < -0.39 is 5.91 Å².